The van der Waals surface area contributed by atoms with Crippen LogP contribution in [0.2, 0.25) is 0 Å². The van der Waals surface area contributed by atoms with Crippen LogP contribution in [0.4, 0.5) is 10.5 Å². The Morgan fingerprint density at radius 2 is 2.00 bits per heavy atom. The summed E-state index contributed by atoms with van der Waals surface area (Å²) in [7, 11) is 1.89. The Balaban J connectivity index is 1.47. The van der Waals surface area contributed by atoms with E-state index in [0.29, 0.717) is 17.9 Å². The van der Waals surface area contributed by atoms with Crippen molar-refractivity contribution in [3.05, 3.63) is 71.5 Å². The molecule has 3 aromatic rings. The zero-order valence-corrected chi connectivity index (χ0v) is 22.0. The summed E-state index contributed by atoms with van der Waals surface area (Å²) in [6.45, 7) is 1.69. The predicted molar refractivity (Wildman–Crippen MR) is 140 cm³/mol. The molecule has 1 aromatic heterocycles. The number of thioether (sulfide) groups is 1. The summed E-state index contributed by atoms with van der Waals surface area (Å²) in [5, 5.41) is 23.5. The van der Waals surface area contributed by atoms with Crippen LogP contribution in [-0.4, -0.2) is 56.9 Å². The van der Waals surface area contributed by atoms with E-state index in [0.717, 1.165) is 21.8 Å². The van der Waals surface area contributed by atoms with Gasteiger partial charge in [0.15, 0.2) is 11.4 Å². The number of ether oxygens (including phenoxy) is 3. The molecule has 0 spiro atoms. The highest BCUT2D eigenvalue weighted by molar-refractivity contribution is 7.99. The second kappa shape index (κ2) is 13.4. The lowest BCUT2D eigenvalue weighted by Crippen LogP contribution is -2.34. The molecule has 1 aliphatic heterocycles. The Morgan fingerprint density at radius 3 is 2.71 bits per heavy atom. The summed E-state index contributed by atoms with van der Waals surface area (Å²) >= 11 is 1.56. The Hall–Kier alpha value is -3.45. The van der Waals surface area contributed by atoms with Crippen molar-refractivity contribution in [1.29, 1.82) is 0 Å². The number of aryl methyl sites for hydroxylation is 1. The van der Waals surface area contributed by atoms with Crippen molar-refractivity contribution in [2.75, 3.05) is 24.2 Å². The molecule has 0 bridgehead atoms. The van der Waals surface area contributed by atoms with E-state index in [1.54, 1.807) is 43.2 Å². The van der Waals surface area contributed by atoms with Crippen LogP contribution in [-0.2, 0) is 32.7 Å². The molecule has 11 nitrogen and oxygen atoms in total. The fraction of sp³-hybridized carbons (Fsp3) is 0.385. The van der Waals surface area contributed by atoms with E-state index < -0.39 is 18.3 Å². The first-order chi connectivity index (χ1) is 18.4. The van der Waals surface area contributed by atoms with Gasteiger partial charge in [-0.05, 0) is 30.2 Å². The molecule has 12 heteroatoms. The van der Waals surface area contributed by atoms with Crippen molar-refractivity contribution >= 4 is 29.4 Å². The van der Waals surface area contributed by atoms with Gasteiger partial charge in [-0.1, -0.05) is 48.2 Å². The number of aromatic nitrogens is 3. The lowest BCUT2D eigenvalue weighted by molar-refractivity contribution is -0.245. The van der Waals surface area contributed by atoms with E-state index in [9.17, 15) is 14.7 Å². The zero-order chi connectivity index (χ0) is 26.9. The second-order valence-electron chi connectivity index (χ2n) is 8.62. The van der Waals surface area contributed by atoms with Crippen molar-refractivity contribution < 1.29 is 28.9 Å². The molecule has 0 saturated carbocycles. The summed E-state index contributed by atoms with van der Waals surface area (Å²) in [5.74, 6) is 0.134. The number of anilines is 1. The van der Waals surface area contributed by atoms with Crippen LogP contribution in [0.25, 0.3) is 0 Å². The number of rotatable bonds is 10. The van der Waals surface area contributed by atoms with Gasteiger partial charge in [-0.2, -0.15) is 0 Å². The Bertz CT molecular complexity index is 1220. The molecular weight excluding hydrogens is 510 g/mol. The molecule has 0 unspecified atom stereocenters. The van der Waals surface area contributed by atoms with Gasteiger partial charge in [0, 0.05) is 30.5 Å². The van der Waals surface area contributed by atoms with E-state index in [1.807, 2.05) is 41.9 Å². The van der Waals surface area contributed by atoms with Crippen LogP contribution < -0.4 is 10.6 Å². The van der Waals surface area contributed by atoms with Crippen LogP contribution in [0, 0.1) is 0 Å². The number of hydrogen-bond donors (Lipinski definition) is 3. The summed E-state index contributed by atoms with van der Waals surface area (Å²) in [5.41, 5.74) is 3.07. The molecule has 4 rings (SSSR count). The second-order valence-corrected chi connectivity index (χ2v) is 9.61. The van der Waals surface area contributed by atoms with Gasteiger partial charge in [-0.15, -0.1) is 10.2 Å². The number of amides is 2. The van der Waals surface area contributed by atoms with Gasteiger partial charge in [0.1, 0.15) is 12.9 Å². The van der Waals surface area contributed by atoms with Crippen LogP contribution >= 0.6 is 11.8 Å². The number of nitrogens with zero attached hydrogens (tertiary/aromatic N) is 3. The maximum Gasteiger partial charge on any atom is 0.325 e. The number of nitrogens with one attached hydrogen (secondary N) is 2. The van der Waals surface area contributed by atoms with E-state index in [2.05, 4.69) is 20.8 Å². The Morgan fingerprint density at radius 1 is 1.18 bits per heavy atom. The molecule has 3 atom stereocenters. The molecule has 0 radical (unpaired) electrons. The van der Waals surface area contributed by atoms with Crippen LogP contribution in [0.15, 0.2) is 60.0 Å². The van der Waals surface area contributed by atoms with Crippen molar-refractivity contribution in [3.63, 3.8) is 0 Å². The van der Waals surface area contributed by atoms with Gasteiger partial charge in [0.25, 0.3) is 0 Å². The number of aliphatic hydroxyl groups excluding tert-OH is 1. The zero-order valence-electron chi connectivity index (χ0n) is 21.2. The average molecular weight is 542 g/mol. The van der Waals surface area contributed by atoms with Crippen LogP contribution in [0.5, 0.6) is 0 Å². The lowest BCUT2D eigenvalue weighted by Gasteiger charge is -2.36. The van der Waals surface area contributed by atoms with Crippen LogP contribution in [0.3, 0.4) is 0 Å². The van der Waals surface area contributed by atoms with E-state index in [-0.39, 0.29) is 32.0 Å². The van der Waals surface area contributed by atoms with E-state index in [4.69, 9.17) is 14.2 Å². The highest BCUT2D eigenvalue weighted by atomic mass is 32.2. The highest BCUT2D eigenvalue weighted by Gasteiger charge is 2.32. The molecule has 202 valence electrons. The number of carbonyl (C=O) groups excluding carboxylic acids is 2. The van der Waals surface area contributed by atoms with Gasteiger partial charge in [-0.25, -0.2) is 4.79 Å². The minimum Gasteiger partial charge on any atom is -0.465 e. The number of carbonyl (C=O) groups is 2. The van der Waals surface area contributed by atoms with Crippen molar-refractivity contribution in [2.24, 2.45) is 7.05 Å². The van der Waals surface area contributed by atoms with E-state index >= 15 is 0 Å². The third-order valence-corrected chi connectivity index (χ3v) is 6.96. The van der Waals surface area contributed by atoms with Gasteiger partial charge < -0.3 is 34.5 Å². The standard InChI is InChI=1S/C26H31N5O6S/c1-3-35-23(33)13-27-25(34)29-20-6-4-5-19(11-20)24-36-21(15-38-26-30-28-16-31(26)2)12-22(37-24)18-9-7-17(14-32)8-10-18/h4-11,16,21-22,24,32H,3,12-15H2,1-2H3,(H2,27,29,34)/t21-,22+,24+/m1/s1. The normalized spacial score (nSPS) is 19.1. The van der Waals surface area contributed by atoms with Crippen molar-refractivity contribution in [2.45, 2.75) is 43.6 Å². The molecular formula is C26H31N5O6S. The molecule has 38 heavy (non-hydrogen) atoms. The first-order valence-electron chi connectivity index (χ1n) is 12.2. The number of urea groups is 1. The molecule has 2 amide bonds. The number of esters is 1. The fourth-order valence-corrected chi connectivity index (χ4v) is 4.80. The third kappa shape index (κ3) is 7.54. The quantitative estimate of drug-likeness (QED) is 0.261. The van der Waals surface area contributed by atoms with Gasteiger partial charge >= 0.3 is 12.0 Å². The smallest absolute Gasteiger partial charge is 0.325 e. The van der Waals surface area contributed by atoms with Crippen LogP contribution in [0.1, 0.15) is 42.4 Å². The minimum atomic E-state index is -0.680. The number of aliphatic hydroxyl groups is 1. The molecule has 1 saturated heterocycles. The number of benzene rings is 2. The lowest BCUT2D eigenvalue weighted by atomic mass is 10.0. The Labute approximate surface area is 224 Å². The molecule has 0 aliphatic carbocycles. The third-order valence-electron chi connectivity index (χ3n) is 5.80. The van der Waals surface area contributed by atoms with Gasteiger partial charge in [0.2, 0.25) is 0 Å². The van der Waals surface area contributed by atoms with Crippen molar-refractivity contribution in [1.82, 2.24) is 20.1 Å². The average Bonchev–Trinajstić information content (AvgIpc) is 3.35. The summed E-state index contributed by atoms with van der Waals surface area (Å²) in [6, 6.07) is 14.3. The molecule has 1 fully saturated rings. The minimum absolute atomic E-state index is 0.0261. The summed E-state index contributed by atoms with van der Waals surface area (Å²) < 4.78 is 19.4. The summed E-state index contributed by atoms with van der Waals surface area (Å²) in [6.07, 6.45) is 1.22. The highest BCUT2D eigenvalue weighted by Crippen LogP contribution is 2.39. The monoisotopic (exact) mass is 541 g/mol. The van der Waals surface area contributed by atoms with Crippen molar-refractivity contribution in [3.8, 4) is 0 Å². The maximum atomic E-state index is 12.2. The maximum absolute atomic E-state index is 12.2. The first-order valence-corrected chi connectivity index (χ1v) is 13.2. The summed E-state index contributed by atoms with van der Waals surface area (Å²) in [4.78, 5) is 23.8. The van der Waals surface area contributed by atoms with Gasteiger partial charge in [-0.3, -0.25) is 4.79 Å². The fourth-order valence-electron chi connectivity index (χ4n) is 3.90. The predicted octanol–water partition coefficient (Wildman–Crippen LogP) is 3.33. The first kappa shape index (κ1) is 27.6. The molecule has 1 aliphatic rings. The molecule has 2 aromatic carbocycles. The Kier molecular flexibility index (Phi) is 9.71. The van der Waals surface area contributed by atoms with Gasteiger partial charge in [0.05, 0.1) is 25.4 Å². The SMILES string of the molecule is CCOC(=O)CNC(=O)Nc1cccc([C@H]2O[C@@H](CSc3nncn3C)C[C@@H](c3ccc(CO)cc3)O2)c1. The molecule has 2 heterocycles. The molecule has 3 N–H and O–H groups in total. The van der Waals surface area contributed by atoms with E-state index in [1.165, 1.54) is 0 Å². The topological polar surface area (TPSA) is 137 Å². The number of hydrogen-bond acceptors (Lipinski definition) is 9. The largest absolute Gasteiger partial charge is 0.465 e.